The SMILES string of the molecule is COC(=O)C(C)(CCn1ccc(C)n1)NC(C)C. The molecule has 5 nitrogen and oxygen atoms in total. The monoisotopic (exact) mass is 253 g/mol. The van der Waals surface area contributed by atoms with E-state index < -0.39 is 5.54 Å². The van der Waals surface area contributed by atoms with Crippen LogP contribution in [0.25, 0.3) is 0 Å². The summed E-state index contributed by atoms with van der Waals surface area (Å²) in [5.74, 6) is -0.236. The zero-order valence-corrected chi connectivity index (χ0v) is 11.9. The fourth-order valence-electron chi connectivity index (χ4n) is 2.02. The smallest absolute Gasteiger partial charge is 0.325 e. The maximum Gasteiger partial charge on any atom is 0.325 e. The molecule has 1 N–H and O–H groups in total. The zero-order chi connectivity index (χ0) is 13.8. The maximum atomic E-state index is 11.9. The number of methoxy groups -OCH3 is 1. The van der Waals surface area contributed by atoms with Gasteiger partial charge in [-0.25, -0.2) is 0 Å². The lowest BCUT2D eigenvalue weighted by Crippen LogP contribution is -2.53. The van der Waals surface area contributed by atoms with Gasteiger partial charge in [0, 0.05) is 18.8 Å². The average molecular weight is 253 g/mol. The lowest BCUT2D eigenvalue weighted by Gasteiger charge is -2.30. The van der Waals surface area contributed by atoms with Crippen molar-refractivity contribution in [1.82, 2.24) is 15.1 Å². The van der Waals surface area contributed by atoms with Gasteiger partial charge in [-0.3, -0.25) is 14.8 Å². The van der Waals surface area contributed by atoms with E-state index in [1.165, 1.54) is 7.11 Å². The molecule has 0 saturated heterocycles. The summed E-state index contributed by atoms with van der Waals surface area (Å²) in [5.41, 5.74) is 0.301. The summed E-state index contributed by atoms with van der Waals surface area (Å²) in [4.78, 5) is 11.9. The van der Waals surface area contributed by atoms with E-state index in [9.17, 15) is 4.79 Å². The van der Waals surface area contributed by atoms with Crippen molar-refractivity contribution in [3.05, 3.63) is 18.0 Å². The molecule has 1 aromatic rings. The molecule has 1 heterocycles. The van der Waals surface area contributed by atoms with E-state index in [0.29, 0.717) is 13.0 Å². The van der Waals surface area contributed by atoms with Crippen LogP contribution in [-0.2, 0) is 16.1 Å². The number of carbonyl (C=O) groups is 1. The van der Waals surface area contributed by atoms with Gasteiger partial charge in [-0.05, 0) is 40.2 Å². The molecule has 1 unspecified atom stereocenters. The predicted molar refractivity (Wildman–Crippen MR) is 70.3 cm³/mol. The lowest BCUT2D eigenvalue weighted by atomic mass is 9.97. The highest BCUT2D eigenvalue weighted by atomic mass is 16.5. The summed E-state index contributed by atoms with van der Waals surface area (Å²) >= 11 is 0. The van der Waals surface area contributed by atoms with Crippen LogP contribution in [0.1, 0.15) is 32.9 Å². The fraction of sp³-hybridized carbons (Fsp3) is 0.692. The molecule has 5 heteroatoms. The maximum absolute atomic E-state index is 11.9. The third-order valence-electron chi connectivity index (χ3n) is 2.86. The van der Waals surface area contributed by atoms with Gasteiger partial charge in [0.25, 0.3) is 0 Å². The molecule has 1 aromatic heterocycles. The number of carbonyl (C=O) groups excluding carboxylic acids is 1. The topological polar surface area (TPSA) is 56.2 Å². The van der Waals surface area contributed by atoms with Gasteiger partial charge in [0.2, 0.25) is 0 Å². The van der Waals surface area contributed by atoms with E-state index in [4.69, 9.17) is 4.74 Å². The number of hydrogen-bond acceptors (Lipinski definition) is 4. The van der Waals surface area contributed by atoms with E-state index in [0.717, 1.165) is 5.69 Å². The molecule has 1 rings (SSSR count). The van der Waals surface area contributed by atoms with Gasteiger partial charge in [0.15, 0.2) is 0 Å². The third kappa shape index (κ3) is 3.84. The average Bonchev–Trinajstić information content (AvgIpc) is 2.70. The number of hydrogen-bond donors (Lipinski definition) is 1. The molecule has 0 radical (unpaired) electrons. The summed E-state index contributed by atoms with van der Waals surface area (Å²) in [7, 11) is 1.42. The van der Waals surface area contributed by atoms with E-state index in [-0.39, 0.29) is 12.0 Å². The first kappa shape index (κ1) is 14.7. The Bertz CT molecular complexity index is 401. The second-order valence-electron chi connectivity index (χ2n) is 5.09. The Labute approximate surface area is 109 Å². The Hall–Kier alpha value is -1.36. The van der Waals surface area contributed by atoms with Crippen LogP contribution < -0.4 is 5.32 Å². The van der Waals surface area contributed by atoms with Crippen LogP contribution in [0.15, 0.2) is 12.3 Å². The molecule has 0 aliphatic heterocycles. The van der Waals surface area contributed by atoms with E-state index >= 15 is 0 Å². The van der Waals surface area contributed by atoms with Crippen molar-refractivity contribution in [3.8, 4) is 0 Å². The largest absolute Gasteiger partial charge is 0.468 e. The molecule has 0 amide bonds. The number of nitrogens with one attached hydrogen (secondary N) is 1. The standard InChI is InChI=1S/C13H23N3O2/c1-10(2)14-13(4,12(17)18-5)7-9-16-8-6-11(3)15-16/h6,8,10,14H,7,9H2,1-5H3. The first-order valence-corrected chi connectivity index (χ1v) is 6.23. The van der Waals surface area contributed by atoms with Crippen LogP contribution in [0.2, 0.25) is 0 Å². The molecule has 102 valence electrons. The fourth-order valence-corrected chi connectivity index (χ4v) is 2.02. The van der Waals surface area contributed by atoms with Crippen LogP contribution in [-0.4, -0.2) is 34.4 Å². The van der Waals surface area contributed by atoms with E-state index in [1.54, 1.807) is 0 Å². The number of rotatable bonds is 6. The molecule has 0 spiro atoms. The molecule has 18 heavy (non-hydrogen) atoms. The lowest BCUT2D eigenvalue weighted by molar-refractivity contribution is -0.148. The second-order valence-corrected chi connectivity index (χ2v) is 5.09. The highest BCUT2D eigenvalue weighted by molar-refractivity contribution is 5.80. The van der Waals surface area contributed by atoms with Crippen LogP contribution in [0, 0.1) is 6.92 Å². The summed E-state index contributed by atoms with van der Waals surface area (Å²) in [5, 5.41) is 7.58. The molecule has 0 saturated carbocycles. The summed E-state index contributed by atoms with van der Waals surface area (Å²) in [6, 6.07) is 2.17. The van der Waals surface area contributed by atoms with Crippen LogP contribution in [0.3, 0.4) is 0 Å². The molecule has 0 aliphatic carbocycles. The van der Waals surface area contributed by atoms with E-state index in [2.05, 4.69) is 10.4 Å². The van der Waals surface area contributed by atoms with Crippen molar-refractivity contribution in [2.75, 3.05) is 7.11 Å². The minimum absolute atomic E-state index is 0.216. The van der Waals surface area contributed by atoms with Gasteiger partial charge in [0.1, 0.15) is 5.54 Å². The first-order valence-electron chi connectivity index (χ1n) is 6.23. The van der Waals surface area contributed by atoms with Crippen LogP contribution in [0.4, 0.5) is 0 Å². The van der Waals surface area contributed by atoms with Gasteiger partial charge in [0.05, 0.1) is 12.8 Å². The second kappa shape index (κ2) is 6.00. The number of esters is 1. The van der Waals surface area contributed by atoms with Crippen molar-refractivity contribution >= 4 is 5.97 Å². The van der Waals surface area contributed by atoms with Gasteiger partial charge in [-0.1, -0.05) is 0 Å². The summed E-state index contributed by atoms with van der Waals surface area (Å²) in [6.45, 7) is 8.52. The van der Waals surface area contributed by atoms with Gasteiger partial charge < -0.3 is 4.74 Å². The Balaban J connectivity index is 2.69. The highest BCUT2D eigenvalue weighted by Crippen LogP contribution is 2.14. The zero-order valence-electron chi connectivity index (χ0n) is 11.9. The normalized spacial score (nSPS) is 14.6. The minimum atomic E-state index is -0.678. The Morgan fingerprint density at radius 2 is 2.28 bits per heavy atom. The molecule has 1 atom stereocenters. The Kier molecular flexibility index (Phi) is 4.90. The molecule has 0 bridgehead atoms. The van der Waals surface area contributed by atoms with Crippen molar-refractivity contribution in [2.24, 2.45) is 0 Å². The van der Waals surface area contributed by atoms with Gasteiger partial charge >= 0.3 is 5.97 Å². The highest BCUT2D eigenvalue weighted by Gasteiger charge is 2.34. The van der Waals surface area contributed by atoms with Crippen LogP contribution in [0.5, 0.6) is 0 Å². The first-order chi connectivity index (χ1) is 8.37. The molecule has 0 aromatic carbocycles. The summed E-state index contributed by atoms with van der Waals surface area (Å²) < 4.78 is 6.72. The van der Waals surface area contributed by atoms with Crippen LogP contribution >= 0.6 is 0 Å². The van der Waals surface area contributed by atoms with Crippen molar-refractivity contribution < 1.29 is 9.53 Å². The van der Waals surface area contributed by atoms with Gasteiger partial charge in [-0.15, -0.1) is 0 Å². The van der Waals surface area contributed by atoms with Gasteiger partial charge in [-0.2, -0.15) is 5.10 Å². The number of aryl methyl sites for hydroxylation is 2. The van der Waals surface area contributed by atoms with Crippen molar-refractivity contribution in [2.45, 2.75) is 52.2 Å². The van der Waals surface area contributed by atoms with Crippen molar-refractivity contribution in [1.29, 1.82) is 0 Å². The molecule has 0 fully saturated rings. The molecular weight excluding hydrogens is 230 g/mol. The number of nitrogens with zero attached hydrogens (tertiary/aromatic N) is 2. The number of aromatic nitrogens is 2. The predicted octanol–water partition coefficient (Wildman–Crippen LogP) is 1.51. The number of ether oxygens (including phenoxy) is 1. The van der Waals surface area contributed by atoms with E-state index in [1.807, 2.05) is 44.6 Å². The molecular formula is C13H23N3O2. The van der Waals surface area contributed by atoms with Crippen molar-refractivity contribution in [3.63, 3.8) is 0 Å². The Morgan fingerprint density at radius 3 is 2.72 bits per heavy atom. The summed E-state index contributed by atoms with van der Waals surface area (Å²) in [6.07, 6.45) is 2.56. The quantitative estimate of drug-likeness (QED) is 0.781. The third-order valence-corrected chi connectivity index (χ3v) is 2.86. The molecule has 0 aliphatic rings. The minimum Gasteiger partial charge on any atom is -0.468 e. The Morgan fingerprint density at radius 1 is 1.61 bits per heavy atom.